The topological polar surface area (TPSA) is 17.8 Å². The quantitative estimate of drug-likeness (QED) is 0.743. The van der Waals surface area contributed by atoms with Crippen molar-refractivity contribution in [3.63, 3.8) is 0 Å². The molecule has 0 aliphatic heterocycles. The summed E-state index contributed by atoms with van der Waals surface area (Å²) < 4.78 is 3.15. The van der Waals surface area contributed by atoms with Crippen molar-refractivity contribution >= 4 is 31.9 Å². The molecule has 0 bridgehead atoms. The predicted octanol–water partition coefficient (Wildman–Crippen LogP) is 3.99. The van der Waals surface area contributed by atoms with Gasteiger partial charge < -0.3 is 0 Å². The number of aromatic nitrogens is 2. The third kappa shape index (κ3) is 3.59. The van der Waals surface area contributed by atoms with Crippen LogP contribution < -0.4 is 0 Å². The van der Waals surface area contributed by atoms with Gasteiger partial charge in [-0.25, -0.2) is 0 Å². The Bertz CT molecular complexity index is 321. The Morgan fingerprint density at radius 1 is 1.47 bits per heavy atom. The molecule has 0 aliphatic rings. The molecule has 1 aromatic heterocycles. The number of halogens is 2. The van der Waals surface area contributed by atoms with Crippen LogP contribution in [-0.2, 0) is 13.5 Å². The first kappa shape index (κ1) is 13.2. The molecule has 0 aliphatic carbocycles. The van der Waals surface area contributed by atoms with Crippen LogP contribution in [0.2, 0.25) is 0 Å². The van der Waals surface area contributed by atoms with Crippen LogP contribution >= 0.6 is 31.9 Å². The van der Waals surface area contributed by atoms with Crippen LogP contribution in [0.3, 0.4) is 0 Å². The molecule has 1 unspecified atom stereocenters. The van der Waals surface area contributed by atoms with E-state index in [9.17, 15) is 0 Å². The summed E-state index contributed by atoms with van der Waals surface area (Å²) in [6.07, 6.45) is 4.74. The van der Waals surface area contributed by atoms with E-state index < -0.39 is 0 Å². The summed E-state index contributed by atoms with van der Waals surface area (Å²) in [5, 5.41) is 4.39. The molecule has 1 aromatic rings. The smallest absolute Gasteiger partial charge is 0.0738 e. The van der Waals surface area contributed by atoms with Gasteiger partial charge in [-0.2, -0.15) is 5.10 Å². The van der Waals surface area contributed by atoms with Crippen LogP contribution in [0, 0.1) is 6.92 Å². The molecule has 86 valence electrons. The Kier molecular flexibility index (Phi) is 5.33. The second-order valence-electron chi connectivity index (χ2n) is 3.87. The van der Waals surface area contributed by atoms with Crippen LogP contribution in [0.15, 0.2) is 4.47 Å². The molecule has 15 heavy (non-hydrogen) atoms. The zero-order valence-corrected chi connectivity index (χ0v) is 12.7. The molecule has 2 nitrogen and oxygen atoms in total. The minimum Gasteiger partial charge on any atom is -0.271 e. The highest BCUT2D eigenvalue weighted by Crippen LogP contribution is 2.23. The van der Waals surface area contributed by atoms with Crippen molar-refractivity contribution in [2.75, 3.05) is 0 Å². The van der Waals surface area contributed by atoms with E-state index in [-0.39, 0.29) is 0 Å². The Balaban J connectivity index is 2.50. The van der Waals surface area contributed by atoms with Gasteiger partial charge in [0.15, 0.2) is 0 Å². The maximum Gasteiger partial charge on any atom is 0.0738 e. The van der Waals surface area contributed by atoms with Gasteiger partial charge in [-0.05, 0) is 48.5 Å². The van der Waals surface area contributed by atoms with Crippen LogP contribution in [0.1, 0.15) is 37.6 Å². The number of aryl methyl sites for hydroxylation is 2. The third-order valence-electron chi connectivity index (χ3n) is 2.64. The lowest BCUT2D eigenvalue weighted by molar-refractivity contribution is 0.640. The summed E-state index contributed by atoms with van der Waals surface area (Å²) in [7, 11) is 2.01. The lowest BCUT2D eigenvalue weighted by Gasteiger charge is -2.06. The van der Waals surface area contributed by atoms with Crippen molar-refractivity contribution in [1.29, 1.82) is 0 Å². The molecular formula is C11H18Br2N2. The molecule has 0 N–H and O–H groups in total. The van der Waals surface area contributed by atoms with Crippen LogP contribution in [0.25, 0.3) is 0 Å². The SMILES string of the molecule is CCC(Br)CCCc1c(Br)c(C)nn1C. The van der Waals surface area contributed by atoms with Crippen molar-refractivity contribution in [2.45, 2.75) is 44.4 Å². The number of nitrogens with zero attached hydrogens (tertiary/aromatic N) is 2. The number of hydrogen-bond acceptors (Lipinski definition) is 1. The summed E-state index contributed by atoms with van der Waals surface area (Å²) in [4.78, 5) is 0.658. The highest BCUT2D eigenvalue weighted by atomic mass is 79.9. The molecule has 0 saturated carbocycles. The Hall–Kier alpha value is 0.170. The van der Waals surface area contributed by atoms with E-state index in [1.807, 2.05) is 18.7 Å². The maximum absolute atomic E-state index is 4.39. The minimum absolute atomic E-state index is 0.658. The zero-order chi connectivity index (χ0) is 11.4. The maximum atomic E-state index is 4.39. The molecule has 0 radical (unpaired) electrons. The summed E-state index contributed by atoms with van der Waals surface area (Å²) in [6.45, 7) is 4.25. The van der Waals surface area contributed by atoms with Gasteiger partial charge >= 0.3 is 0 Å². The zero-order valence-electron chi connectivity index (χ0n) is 9.56. The standard InChI is InChI=1S/C11H18Br2N2/c1-4-9(12)6-5-7-10-11(13)8(2)14-15(10)3/h9H,4-7H2,1-3H3. The van der Waals surface area contributed by atoms with Crippen molar-refractivity contribution in [2.24, 2.45) is 7.05 Å². The van der Waals surface area contributed by atoms with Crippen LogP contribution in [0.4, 0.5) is 0 Å². The molecule has 1 atom stereocenters. The van der Waals surface area contributed by atoms with E-state index in [0.717, 1.165) is 12.1 Å². The molecule has 1 heterocycles. The van der Waals surface area contributed by atoms with Crippen molar-refractivity contribution in [3.05, 3.63) is 15.9 Å². The van der Waals surface area contributed by atoms with Crippen molar-refractivity contribution in [1.82, 2.24) is 9.78 Å². The lowest BCUT2D eigenvalue weighted by atomic mass is 10.1. The first-order chi connectivity index (χ1) is 7.06. The normalized spacial score (nSPS) is 13.1. The van der Waals surface area contributed by atoms with E-state index in [4.69, 9.17) is 0 Å². The molecule has 0 amide bonds. The van der Waals surface area contributed by atoms with Gasteiger partial charge in [0.25, 0.3) is 0 Å². The van der Waals surface area contributed by atoms with E-state index in [1.54, 1.807) is 0 Å². The van der Waals surface area contributed by atoms with Crippen molar-refractivity contribution in [3.8, 4) is 0 Å². The van der Waals surface area contributed by atoms with Gasteiger partial charge in [0.1, 0.15) is 0 Å². The molecule has 0 aromatic carbocycles. The van der Waals surface area contributed by atoms with E-state index in [2.05, 4.69) is 43.9 Å². The summed E-state index contributed by atoms with van der Waals surface area (Å²) >= 11 is 7.25. The lowest BCUT2D eigenvalue weighted by Crippen LogP contribution is -2.01. The highest BCUT2D eigenvalue weighted by Gasteiger charge is 2.10. The Morgan fingerprint density at radius 2 is 2.13 bits per heavy atom. The second-order valence-corrected chi connectivity index (χ2v) is 5.96. The minimum atomic E-state index is 0.658. The van der Waals surface area contributed by atoms with Gasteiger partial charge in [-0.3, -0.25) is 4.68 Å². The number of hydrogen-bond donors (Lipinski definition) is 0. The second kappa shape index (κ2) is 6.04. The van der Waals surface area contributed by atoms with Gasteiger partial charge in [-0.1, -0.05) is 22.9 Å². The molecule has 0 fully saturated rings. The fourth-order valence-corrected chi connectivity index (χ4v) is 2.50. The summed E-state index contributed by atoms with van der Waals surface area (Å²) in [5.74, 6) is 0. The fraction of sp³-hybridized carbons (Fsp3) is 0.727. The Morgan fingerprint density at radius 3 is 2.60 bits per heavy atom. The molecular weight excluding hydrogens is 320 g/mol. The largest absolute Gasteiger partial charge is 0.271 e. The van der Waals surface area contributed by atoms with E-state index in [1.165, 1.54) is 29.4 Å². The van der Waals surface area contributed by atoms with Gasteiger partial charge in [-0.15, -0.1) is 0 Å². The molecule has 4 heteroatoms. The van der Waals surface area contributed by atoms with E-state index >= 15 is 0 Å². The van der Waals surface area contributed by atoms with Gasteiger partial charge in [0.05, 0.1) is 15.9 Å². The van der Waals surface area contributed by atoms with Crippen LogP contribution in [-0.4, -0.2) is 14.6 Å². The average molecular weight is 338 g/mol. The molecule has 0 saturated heterocycles. The van der Waals surface area contributed by atoms with Gasteiger partial charge in [0.2, 0.25) is 0 Å². The predicted molar refractivity (Wildman–Crippen MR) is 71.6 cm³/mol. The van der Waals surface area contributed by atoms with Gasteiger partial charge in [0, 0.05) is 11.9 Å². The molecule has 1 rings (SSSR count). The fourth-order valence-electron chi connectivity index (χ4n) is 1.65. The monoisotopic (exact) mass is 336 g/mol. The molecule has 0 spiro atoms. The highest BCUT2D eigenvalue weighted by molar-refractivity contribution is 9.10. The Labute approximate surface area is 109 Å². The third-order valence-corrected chi connectivity index (χ3v) is 4.77. The number of rotatable bonds is 5. The average Bonchev–Trinajstić information content (AvgIpc) is 2.44. The summed E-state index contributed by atoms with van der Waals surface area (Å²) in [6, 6.07) is 0. The first-order valence-corrected chi connectivity index (χ1v) is 7.09. The first-order valence-electron chi connectivity index (χ1n) is 5.38. The summed E-state index contributed by atoms with van der Waals surface area (Å²) in [5.41, 5.74) is 2.39. The number of alkyl halides is 1. The van der Waals surface area contributed by atoms with Crippen molar-refractivity contribution < 1.29 is 0 Å². The van der Waals surface area contributed by atoms with Crippen LogP contribution in [0.5, 0.6) is 0 Å². The van der Waals surface area contributed by atoms with E-state index in [0.29, 0.717) is 4.83 Å².